The fourth-order valence-electron chi connectivity index (χ4n) is 2.68. The Bertz CT molecular complexity index is 970. The Kier molecular flexibility index (Phi) is 6.16. The van der Waals surface area contributed by atoms with Gasteiger partial charge in [0.15, 0.2) is 5.69 Å². The highest BCUT2D eigenvalue weighted by Crippen LogP contribution is 2.17. The summed E-state index contributed by atoms with van der Waals surface area (Å²) in [6, 6.07) is 17.2. The molecule has 0 aliphatic heterocycles. The fourth-order valence-corrected chi connectivity index (χ4v) is 2.68. The highest BCUT2D eigenvalue weighted by Gasteiger charge is 2.16. The summed E-state index contributed by atoms with van der Waals surface area (Å²) in [4.78, 5) is 24.3. The number of benzene rings is 2. The van der Waals surface area contributed by atoms with Crippen molar-refractivity contribution in [1.29, 1.82) is 0 Å². The van der Waals surface area contributed by atoms with Crippen LogP contribution in [0.3, 0.4) is 0 Å². The zero-order valence-electron chi connectivity index (χ0n) is 15.5. The van der Waals surface area contributed by atoms with E-state index in [9.17, 15) is 14.0 Å². The number of para-hydroxylation sites is 1. The Morgan fingerprint density at radius 1 is 1.07 bits per heavy atom. The van der Waals surface area contributed by atoms with Gasteiger partial charge < -0.3 is 10.6 Å². The van der Waals surface area contributed by atoms with Crippen molar-refractivity contribution >= 4 is 17.6 Å². The lowest BCUT2D eigenvalue weighted by atomic mass is 10.1. The van der Waals surface area contributed by atoms with Crippen molar-refractivity contribution in [3.8, 4) is 5.69 Å². The van der Waals surface area contributed by atoms with Crippen molar-refractivity contribution in [3.05, 3.63) is 77.7 Å². The number of carbonyl (C=O) groups excluding carboxylic acids is 2. The van der Waals surface area contributed by atoms with E-state index < -0.39 is 5.91 Å². The smallest absolute Gasteiger partial charge is 0.271 e. The standard InChI is InChI=1S/C21H21FN4O2/c1-2-20(27)24-19-14-18(25-26(19)16-9-4-3-5-10-16)21(28)23-13-12-15-8-6-7-11-17(15)22/h3-11,14H,2,12-13H2,1H3,(H,23,28)(H,24,27). The van der Waals surface area contributed by atoms with E-state index in [1.54, 1.807) is 25.1 Å². The summed E-state index contributed by atoms with van der Waals surface area (Å²) in [6.45, 7) is 2.02. The predicted octanol–water partition coefficient (Wildman–Crippen LogP) is 3.33. The summed E-state index contributed by atoms with van der Waals surface area (Å²) >= 11 is 0. The van der Waals surface area contributed by atoms with Crippen molar-refractivity contribution in [2.75, 3.05) is 11.9 Å². The molecule has 7 heteroatoms. The molecule has 3 aromatic rings. The topological polar surface area (TPSA) is 76.0 Å². The van der Waals surface area contributed by atoms with Crippen LogP contribution in [0.1, 0.15) is 29.4 Å². The first-order valence-corrected chi connectivity index (χ1v) is 9.05. The maximum Gasteiger partial charge on any atom is 0.271 e. The molecule has 0 unspecified atom stereocenters. The molecule has 0 fully saturated rings. The van der Waals surface area contributed by atoms with E-state index in [4.69, 9.17) is 0 Å². The Morgan fingerprint density at radius 3 is 2.50 bits per heavy atom. The van der Waals surface area contributed by atoms with Crippen LogP contribution >= 0.6 is 0 Å². The van der Waals surface area contributed by atoms with Gasteiger partial charge in [-0.1, -0.05) is 43.3 Å². The van der Waals surface area contributed by atoms with Gasteiger partial charge in [0, 0.05) is 19.0 Å². The van der Waals surface area contributed by atoms with Crippen LogP contribution in [0, 0.1) is 5.82 Å². The van der Waals surface area contributed by atoms with Gasteiger partial charge in [-0.15, -0.1) is 0 Å². The fraction of sp³-hybridized carbons (Fsp3) is 0.190. The summed E-state index contributed by atoms with van der Waals surface area (Å²) < 4.78 is 15.2. The first-order chi connectivity index (χ1) is 13.6. The molecule has 2 N–H and O–H groups in total. The van der Waals surface area contributed by atoms with E-state index in [0.717, 1.165) is 5.69 Å². The predicted molar refractivity (Wildman–Crippen MR) is 105 cm³/mol. The van der Waals surface area contributed by atoms with Crippen LogP contribution in [-0.2, 0) is 11.2 Å². The van der Waals surface area contributed by atoms with Crippen LogP contribution in [0.5, 0.6) is 0 Å². The molecule has 1 aromatic heterocycles. The van der Waals surface area contributed by atoms with Crippen molar-refractivity contribution in [3.63, 3.8) is 0 Å². The molecule has 0 bridgehead atoms. The summed E-state index contributed by atoms with van der Waals surface area (Å²) in [7, 11) is 0. The van der Waals surface area contributed by atoms with Crippen molar-refractivity contribution in [1.82, 2.24) is 15.1 Å². The van der Waals surface area contributed by atoms with Crippen LogP contribution in [0.2, 0.25) is 0 Å². The second-order valence-electron chi connectivity index (χ2n) is 6.16. The molecule has 1 heterocycles. The Balaban J connectivity index is 1.74. The zero-order valence-corrected chi connectivity index (χ0v) is 15.5. The molecule has 0 radical (unpaired) electrons. The lowest BCUT2D eigenvalue weighted by Gasteiger charge is -2.07. The van der Waals surface area contributed by atoms with Crippen LogP contribution < -0.4 is 10.6 Å². The minimum Gasteiger partial charge on any atom is -0.350 e. The van der Waals surface area contributed by atoms with E-state index >= 15 is 0 Å². The van der Waals surface area contributed by atoms with Gasteiger partial charge in [0.2, 0.25) is 5.91 Å². The molecule has 0 saturated heterocycles. The lowest BCUT2D eigenvalue weighted by molar-refractivity contribution is -0.115. The molecule has 3 rings (SSSR count). The van der Waals surface area contributed by atoms with Gasteiger partial charge in [0.1, 0.15) is 11.6 Å². The van der Waals surface area contributed by atoms with E-state index in [-0.39, 0.29) is 24.0 Å². The van der Waals surface area contributed by atoms with Crippen LogP contribution in [0.25, 0.3) is 5.69 Å². The third-order valence-electron chi connectivity index (χ3n) is 4.17. The van der Waals surface area contributed by atoms with Gasteiger partial charge in [-0.3, -0.25) is 9.59 Å². The second kappa shape index (κ2) is 8.94. The largest absolute Gasteiger partial charge is 0.350 e. The van der Waals surface area contributed by atoms with Gasteiger partial charge >= 0.3 is 0 Å². The van der Waals surface area contributed by atoms with Gasteiger partial charge in [0.05, 0.1) is 5.69 Å². The number of hydrogen-bond donors (Lipinski definition) is 2. The third-order valence-corrected chi connectivity index (χ3v) is 4.17. The molecule has 28 heavy (non-hydrogen) atoms. The number of anilines is 1. The maximum absolute atomic E-state index is 13.7. The van der Waals surface area contributed by atoms with E-state index in [2.05, 4.69) is 15.7 Å². The third kappa shape index (κ3) is 4.62. The summed E-state index contributed by atoms with van der Waals surface area (Å²) in [5.74, 6) is -0.450. The first kappa shape index (κ1) is 19.3. The second-order valence-corrected chi connectivity index (χ2v) is 6.16. The molecule has 2 amide bonds. The van der Waals surface area contributed by atoms with Crippen molar-refractivity contribution < 1.29 is 14.0 Å². The zero-order chi connectivity index (χ0) is 19.9. The molecule has 0 aliphatic rings. The number of carbonyl (C=O) groups is 2. The van der Waals surface area contributed by atoms with Crippen LogP contribution in [0.15, 0.2) is 60.7 Å². The van der Waals surface area contributed by atoms with E-state index in [1.165, 1.54) is 16.8 Å². The number of amides is 2. The Hall–Kier alpha value is -3.48. The Morgan fingerprint density at radius 2 is 1.79 bits per heavy atom. The quantitative estimate of drug-likeness (QED) is 0.660. The SMILES string of the molecule is CCC(=O)Nc1cc(C(=O)NCCc2ccccc2F)nn1-c1ccccc1. The van der Waals surface area contributed by atoms with Gasteiger partial charge in [-0.25, -0.2) is 9.07 Å². The average Bonchev–Trinajstić information content (AvgIpc) is 3.13. The first-order valence-electron chi connectivity index (χ1n) is 9.05. The van der Waals surface area contributed by atoms with Gasteiger partial charge in [0.25, 0.3) is 5.91 Å². The molecule has 0 atom stereocenters. The molecule has 144 valence electrons. The van der Waals surface area contributed by atoms with Crippen LogP contribution in [-0.4, -0.2) is 28.1 Å². The van der Waals surface area contributed by atoms with Crippen molar-refractivity contribution in [2.45, 2.75) is 19.8 Å². The highest BCUT2D eigenvalue weighted by atomic mass is 19.1. The number of rotatable bonds is 7. The minimum atomic E-state index is -0.391. The maximum atomic E-state index is 13.7. The normalized spacial score (nSPS) is 10.5. The molecular weight excluding hydrogens is 359 g/mol. The van der Waals surface area contributed by atoms with E-state index in [1.807, 2.05) is 30.3 Å². The molecule has 2 aromatic carbocycles. The lowest BCUT2D eigenvalue weighted by Crippen LogP contribution is -2.26. The summed E-state index contributed by atoms with van der Waals surface area (Å²) in [6.07, 6.45) is 0.682. The molecule has 0 aliphatic carbocycles. The van der Waals surface area contributed by atoms with Gasteiger partial charge in [-0.2, -0.15) is 5.10 Å². The number of nitrogens with one attached hydrogen (secondary N) is 2. The summed E-state index contributed by atoms with van der Waals surface area (Å²) in [5, 5.41) is 9.82. The monoisotopic (exact) mass is 380 g/mol. The van der Waals surface area contributed by atoms with Gasteiger partial charge in [-0.05, 0) is 30.2 Å². The van der Waals surface area contributed by atoms with E-state index in [0.29, 0.717) is 24.2 Å². The highest BCUT2D eigenvalue weighted by molar-refractivity contribution is 5.95. The number of hydrogen-bond acceptors (Lipinski definition) is 3. The summed E-state index contributed by atoms with van der Waals surface area (Å²) in [5.41, 5.74) is 1.43. The minimum absolute atomic E-state index is 0.170. The molecule has 6 nitrogen and oxygen atoms in total. The van der Waals surface area contributed by atoms with Crippen molar-refractivity contribution in [2.24, 2.45) is 0 Å². The number of halogens is 1. The Labute approximate surface area is 162 Å². The average molecular weight is 380 g/mol. The molecule has 0 spiro atoms. The number of aromatic nitrogens is 2. The number of nitrogens with zero attached hydrogens (tertiary/aromatic N) is 2. The molecular formula is C21H21FN4O2. The van der Waals surface area contributed by atoms with Crippen LogP contribution in [0.4, 0.5) is 10.2 Å². The molecule has 0 saturated carbocycles.